The maximum Gasteiger partial charge on any atom is 0.466 e. The van der Waals surface area contributed by atoms with Crippen molar-refractivity contribution >= 4 is 27.2 Å². The molecular formula is C4H15ClO8P2. The fraction of sp³-hybridized carbons (Fsp3) is 1.00. The lowest BCUT2D eigenvalue weighted by Gasteiger charge is -1.87. The molecule has 15 heavy (non-hydrogen) atoms. The van der Waals surface area contributed by atoms with Crippen molar-refractivity contribution in [3.05, 3.63) is 0 Å². The topological polar surface area (TPSA) is 156 Å². The third-order valence-electron chi connectivity index (χ3n) is 0.563. The van der Waals surface area contributed by atoms with Crippen LogP contribution in [0.4, 0.5) is 0 Å². The Balaban J connectivity index is -0.000000144. The van der Waals surface area contributed by atoms with Gasteiger partial charge in [-0.3, -0.25) is 0 Å². The Labute approximate surface area is 92.0 Å². The lowest BCUT2D eigenvalue weighted by molar-refractivity contribution is 0.272. The Bertz CT molecular complexity index is 182. The highest BCUT2D eigenvalue weighted by molar-refractivity contribution is 7.45. The molecule has 0 saturated carbocycles. The van der Waals surface area contributed by atoms with Crippen LogP contribution in [-0.2, 0) is 9.13 Å². The van der Waals surface area contributed by atoms with E-state index >= 15 is 0 Å². The molecule has 0 heterocycles. The zero-order valence-corrected chi connectivity index (χ0v) is 10.6. The normalized spacial score (nSPS) is 12.9. The second-order valence-corrected chi connectivity index (χ2v) is 5.01. The molecule has 0 bridgehead atoms. The van der Waals surface area contributed by atoms with E-state index in [1.54, 1.807) is 0 Å². The van der Waals surface area contributed by atoms with E-state index in [9.17, 15) is 0 Å². The van der Waals surface area contributed by atoms with Gasteiger partial charge in [0.15, 0.2) is 0 Å². The highest BCUT2D eigenvalue weighted by Crippen LogP contribution is 2.26. The van der Waals surface area contributed by atoms with E-state index in [1.165, 1.54) is 0 Å². The number of alkyl halides is 1. The minimum absolute atomic E-state index is 0.356. The molecule has 6 N–H and O–H groups in total. The van der Waals surface area contributed by atoms with Gasteiger partial charge in [-0.05, 0) is 13.3 Å². The van der Waals surface area contributed by atoms with Crippen LogP contribution in [0.15, 0.2) is 0 Å². The molecule has 96 valence electrons. The number of phosphoric acid groups is 2. The molecule has 0 aliphatic rings. The highest BCUT2D eigenvalue weighted by atomic mass is 35.5. The molecule has 0 aromatic carbocycles. The zero-order valence-electron chi connectivity index (χ0n) is 8.06. The summed E-state index contributed by atoms with van der Waals surface area (Å²) in [4.78, 5) is 43.1. The van der Waals surface area contributed by atoms with Crippen LogP contribution in [-0.4, -0.2) is 34.7 Å². The lowest BCUT2D eigenvalue weighted by atomic mass is 10.4. The van der Waals surface area contributed by atoms with Crippen molar-refractivity contribution in [1.82, 2.24) is 0 Å². The molecule has 8 nitrogen and oxygen atoms in total. The Morgan fingerprint density at radius 1 is 1.00 bits per heavy atom. The third-order valence-corrected chi connectivity index (χ3v) is 0.871. The summed E-state index contributed by atoms with van der Waals surface area (Å²) in [7, 11) is -9.28. The maximum atomic E-state index is 8.88. The van der Waals surface area contributed by atoms with Gasteiger partial charge < -0.3 is 29.4 Å². The predicted molar refractivity (Wildman–Crippen MR) is 54.1 cm³/mol. The fourth-order valence-corrected chi connectivity index (χ4v) is 0. The molecule has 0 radical (unpaired) electrons. The molecule has 0 spiro atoms. The summed E-state index contributed by atoms with van der Waals surface area (Å²) in [6.07, 6.45) is 1.07. The van der Waals surface area contributed by atoms with E-state index in [1.807, 2.05) is 6.92 Å². The van der Waals surface area contributed by atoms with Crippen LogP contribution < -0.4 is 0 Å². The highest BCUT2D eigenvalue weighted by Gasteiger charge is 2.00. The van der Waals surface area contributed by atoms with Gasteiger partial charge in [0.1, 0.15) is 0 Å². The van der Waals surface area contributed by atoms with Crippen molar-refractivity contribution in [3.8, 4) is 0 Å². The summed E-state index contributed by atoms with van der Waals surface area (Å²) in [6.45, 7) is 4.05. The van der Waals surface area contributed by atoms with Gasteiger partial charge in [-0.1, -0.05) is 6.92 Å². The van der Waals surface area contributed by atoms with Crippen LogP contribution in [0.5, 0.6) is 0 Å². The largest absolute Gasteiger partial charge is 0.466 e. The zero-order chi connectivity index (χ0) is 13.3. The fourth-order valence-electron chi connectivity index (χ4n) is 0. The van der Waals surface area contributed by atoms with Crippen LogP contribution in [0.25, 0.3) is 0 Å². The summed E-state index contributed by atoms with van der Waals surface area (Å²) in [6, 6.07) is 0. The van der Waals surface area contributed by atoms with E-state index in [4.69, 9.17) is 50.1 Å². The summed E-state index contributed by atoms with van der Waals surface area (Å²) in [5, 5.41) is 0.356. The Hall–Kier alpha value is 0.510. The Morgan fingerprint density at radius 3 is 1.07 bits per heavy atom. The van der Waals surface area contributed by atoms with Crippen LogP contribution in [0.2, 0.25) is 0 Å². The van der Waals surface area contributed by atoms with E-state index in [-0.39, 0.29) is 0 Å². The maximum absolute atomic E-state index is 8.88. The van der Waals surface area contributed by atoms with Crippen LogP contribution >= 0.6 is 27.2 Å². The summed E-state index contributed by atoms with van der Waals surface area (Å²) < 4.78 is 17.8. The van der Waals surface area contributed by atoms with Gasteiger partial charge >= 0.3 is 15.6 Å². The summed E-state index contributed by atoms with van der Waals surface area (Å²) in [5.74, 6) is 0. The molecule has 0 saturated heterocycles. The quantitative estimate of drug-likeness (QED) is 0.294. The molecule has 0 amide bonds. The molecular weight excluding hydrogens is 273 g/mol. The average Bonchev–Trinajstić information content (AvgIpc) is 1.79. The first-order valence-electron chi connectivity index (χ1n) is 3.48. The number of hydrogen-bond donors (Lipinski definition) is 6. The first-order chi connectivity index (χ1) is 6.27. The van der Waals surface area contributed by atoms with Crippen molar-refractivity contribution < 1.29 is 38.5 Å². The second-order valence-electron chi connectivity index (χ2n) is 2.22. The van der Waals surface area contributed by atoms with E-state index in [0.717, 1.165) is 6.42 Å². The first kappa shape index (κ1) is 20.9. The number of halogens is 1. The van der Waals surface area contributed by atoms with Crippen molar-refractivity contribution in [2.24, 2.45) is 0 Å². The third kappa shape index (κ3) is 360. The first-order valence-corrected chi connectivity index (χ1v) is 7.04. The van der Waals surface area contributed by atoms with Gasteiger partial charge in [0.05, 0.1) is 0 Å². The second kappa shape index (κ2) is 9.72. The van der Waals surface area contributed by atoms with Gasteiger partial charge in [0, 0.05) is 5.38 Å². The van der Waals surface area contributed by atoms with Gasteiger partial charge in [0.25, 0.3) is 0 Å². The van der Waals surface area contributed by atoms with Gasteiger partial charge in [-0.15, -0.1) is 11.6 Å². The molecule has 0 aromatic heterocycles. The van der Waals surface area contributed by atoms with Crippen LogP contribution in [0.3, 0.4) is 0 Å². The summed E-state index contributed by atoms with van der Waals surface area (Å²) in [5.41, 5.74) is 0. The van der Waals surface area contributed by atoms with Crippen molar-refractivity contribution in [3.63, 3.8) is 0 Å². The number of hydrogen-bond acceptors (Lipinski definition) is 2. The van der Waals surface area contributed by atoms with Gasteiger partial charge in [-0.25, -0.2) is 9.13 Å². The van der Waals surface area contributed by atoms with Crippen LogP contribution in [0, 0.1) is 0 Å². The van der Waals surface area contributed by atoms with E-state index in [2.05, 4.69) is 6.92 Å². The minimum Gasteiger partial charge on any atom is -0.303 e. The predicted octanol–water partition coefficient (Wildman–Crippen LogP) is 0.167. The van der Waals surface area contributed by atoms with Crippen molar-refractivity contribution in [2.75, 3.05) is 0 Å². The molecule has 0 rings (SSSR count). The van der Waals surface area contributed by atoms with E-state index < -0.39 is 15.6 Å². The Morgan fingerprint density at radius 2 is 1.07 bits per heavy atom. The molecule has 11 heteroatoms. The van der Waals surface area contributed by atoms with Crippen molar-refractivity contribution in [1.29, 1.82) is 0 Å². The van der Waals surface area contributed by atoms with Gasteiger partial charge in [-0.2, -0.15) is 0 Å². The molecule has 0 aliphatic heterocycles. The molecule has 0 aliphatic carbocycles. The molecule has 1 atom stereocenters. The minimum atomic E-state index is -4.64. The van der Waals surface area contributed by atoms with E-state index in [0.29, 0.717) is 5.38 Å². The Kier molecular flexibility index (Phi) is 13.5. The molecule has 1 unspecified atom stereocenters. The van der Waals surface area contributed by atoms with Crippen LogP contribution in [0.1, 0.15) is 20.3 Å². The summed E-state index contributed by atoms with van der Waals surface area (Å²) >= 11 is 5.46. The average molecular weight is 289 g/mol. The van der Waals surface area contributed by atoms with Gasteiger partial charge in [0.2, 0.25) is 0 Å². The SMILES string of the molecule is CCC(C)Cl.O=P(O)(O)O.O=P(O)(O)O. The monoisotopic (exact) mass is 288 g/mol. The smallest absolute Gasteiger partial charge is 0.303 e. The van der Waals surface area contributed by atoms with Crippen molar-refractivity contribution in [2.45, 2.75) is 25.6 Å². The lowest BCUT2D eigenvalue weighted by Crippen LogP contribution is -1.81. The number of rotatable bonds is 1. The molecule has 0 aromatic rings. The standard InChI is InChI=1S/C4H9Cl.2H3O4P/c1-3-4(2)5;2*1-5(2,3)4/h4H,3H2,1-2H3;2*(H3,1,2,3,4). The molecule has 0 fully saturated rings.